The average Bonchev–Trinajstić information content (AvgIpc) is 3.82. The second kappa shape index (κ2) is 25.3. The Morgan fingerprint density at radius 3 is 1.98 bits per heavy atom. The van der Waals surface area contributed by atoms with E-state index in [1.165, 1.54) is 21.3 Å². The third-order valence-corrected chi connectivity index (χ3v) is 11.8. The van der Waals surface area contributed by atoms with Crippen LogP contribution in [0.4, 0.5) is 24.3 Å². The van der Waals surface area contributed by atoms with Gasteiger partial charge >= 0.3 is 30.3 Å². The van der Waals surface area contributed by atoms with Crippen LogP contribution in [-0.2, 0) is 56.0 Å². The smallest absolute Gasteiger partial charge is 0.437 e. The number of esters is 1. The maximum atomic E-state index is 14.3. The van der Waals surface area contributed by atoms with E-state index in [-0.39, 0.29) is 62.2 Å². The number of alkyl carbamates (subject to hydrolysis) is 1. The Morgan fingerprint density at radius 1 is 0.825 bits per heavy atom. The van der Waals surface area contributed by atoms with Crippen molar-refractivity contribution < 1.29 is 62.1 Å². The zero-order chi connectivity index (χ0) is 58.8. The Hall–Kier alpha value is -8.16. The number of oxime groups is 1. The molecule has 2 aromatic carbocycles. The number of β-lactam (4-membered cyclic amide) rings is 1. The third kappa shape index (κ3) is 18.5. The Labute approximate surface area is 468 Å². The minimum atomic E-state index is -1.55. The maximum absolute atomic E-state index is 14.3. The Balaban J connectivity index is 1.19. The largest absolute Gasteiger partial charge is 0.450 e. The van der Waals surface area contributed by atoms with Crippen molar-refractivity contribution >= 4 is 70.3 Å². The summed E-state index contributed by atoms with van der Waals surface area (Å²) in [6.45, 7) is 20.3. The van der Waals surface area contributed by atoms with Gasteiger partial charge in [-0.2, -0.15) is 15.0 Å². The molecule has 2 aromatic heterocycles. The van der Waals surface area contributed by atoms with Crippen LogP contribution in [0.3, 0.4) is 0 Å². The lowest BCUT2D eigenvalue weighted by Crippen LogP contribution is -2.70. The fourth-order valence-electron chi connectivity index (χ4n) is 7.42. The average molecular weight is 1130 g/mol. The van der Waals surface area contributed by atoms with E-state index < -0.39 is 94.1 Å². The van der Waals surface area contributed by atoms with Crippen molar-refractivity contribution in [2.75, 3.05) is 25.5 Å². The second-order valence-electron chi connectivity index (χ2n) is 22.9. The minimum Gasteiger partial charge on any atom is -0.450 e. The Bertz CT molecular complexity index is 2880. The summed E-state index contributed by atoms with van der Waals surface area (Å²) >= 11 is 0.967. The van der Waals surface area contributed by atoms with Crippen LogP contribution >= 0.6 is 11.3 Å². The van der Waals surface area contributed by atoms with Gasteiger partial charge in [0.2, 0.25) is 17.5 Å². The van der Waals surface area contributed by atoms with Gasteiger partial charge in [0, 0.05) is 38.4 Å². The highest BCUT2D eigenvalue weighted by molar-refractivity contribution is 7.14. The minimum absolute atomic E-state index is 0.0451. The highest BCUT2D eigenvalue weighted by Crippen LogP contribution is 2.43. The Kier molecular flexibility index (Phi) is 19.3. The van der Waals surface area contributed by atoms with E-state index in [1.807, 2.05) is 60.7 Å². The van der Waals surface area contributed by atoms with E-state index in [0.29, 0.717) is 5.69 Å². The number of guanidine groups is 1. The summed E-state index contributed by atoms with van der Waals surface area (Å²) in [6.07, 6.45) is -1.98. The van der Waals surface area contributed by atoms with E-state index in [4.69, 9.17) is 28.5 Å². The van der Waals surface area contributed by atoms with Gasteiger partial charge in [0.25, 0.3) is 5.91 Å². The molecule has 2 aliphatic rings. The lowest BCUT2D eigenvalue weighted by atomic mass is 9.98. The lowest BCUT2D eigenvalue weighted by Gasteiger charge is -2.36. The van der Waals surface area contributed by atoms with Crippen molar-refractivity contribution in [3.8, 4) is 0 Å². The number of ether oxygens (including phenoxy) is 5. The van der Waals surface area contributed by atoms with Crippen molar-refractivity contribution in [3.63, 3.8) is 0 Å². The number of benzene rings is 2. The zero-order valence-corrected chi connectivity index (χ0v) is 48.2. The zero-order valence-electron chi connectivity index (χ0n) is 47.4. The summed E-state index contributed by atoms with van der Waals surface area (Å²) in [5.74, 6) is -2.31. The molecule has 0 radical (unpaired) electrons. The molecule has 6 rings (SSSR count). The first-order chi connectivity index (χ1) is 37.4. The topological polar surface area (TPSA) is 298 Å². The molecule has 4 N–H and O–H groups in total. The van der Waals surface area contributed by atoms with Gasteiger partial charge in [-0.05, 0) is 101 Å². The van der Waals surface area contributed by atoms with Crippen molar-refractivity contribution in [2.24, 2.45) is 10.1 Å². The number of anilines is 1. The van der Waals surface area contributed by atoms with E-state index in [9.17, 15) is 33.6 Å². The van der Waals surface area contributed by atoms with Gasteiger partial charge in [-0.3, -0.25) is 14.9 Å². The second-order valence-corrected chi connectivity index (χ2v) is 23.8. The molecule has 4 aromatic rings. The predicted octanol–water partition coefficient (Wildman–Crippen LogP) is 7.23. The van der Waals surface area contributed by atoms with Gasteiger partial charge in [0.15, 0.2) is 16.9 Å². The summed E-state index contributed by atoms with van der Waals surface area (Å²) in [5.41, 5.74) is -3.67. The van der Waals surface area contributed by atoms with E-state index in [0.717, 1.165) is 27.4 Å². The SMILES string of the molecule is CN(Cc1cnn(C[C@H]2NC(=O)[C@H]2NC(=O)C(=NOC2(C(=O)OC(c3ccccc3)c3ccccc3)CC2)c2csc(NC(=O)OC(C)(C)C)n2)n1)C(=NC(=O)OC(C)(C)C)N(CCCNC(=O)OC(C)(C)C)C(=O)OC(C)(C)C. The van der Waals surface area contributed by atoms with Crippen LogP contribution in [0.1, 0.15) is 131 Å². The molecule has 80 heavy (non-hydrogen) atoms. The van der Waals surface area contributed by atoms with Gasteiger partial charge in [0.1, 0.15) is 39.8 Å². The summed E-state index contributed by atoms with van der Waals surface area (Å²) in [4.78, 5) is 112. The first-order valence-corrected chi connectivity index (χ1v) is 26.8. The number of hydrogen-bond acceptors (Lipinski definition) is 18. The molecule has 6 amide bonds. The van der Waals surface area contributed by atoms with Crippen LogP contribution < -0.4 is 21.3 Å². The van der Waals surface area contributed by atoms with Crippen LogP contribution in [0, 0.1) is 0 Å². The molecule has 2 atom stereocenters. The van der Waals surface area contributed by atoms with Gasteiger partial charge in [0.05, 0.1) is 25.3 Å². The van der Waals surface area contributed by atoms with E-state index in [2.05, 4.69) is 46.6 Å². The molecular formula is C54H72N12O13S. The number of nitrogens with zero attached hydrogens (tertiary/aromatic N) is 8. The first kappa shape index (κ1) is 61.1. The number of nitrogens with one attached hydrogen (secondary N) is 4. The molecule has 0 unspecified atom stereocenters. The number of carbonyl (C=O) groups is 7. The standard InChI is InChI=1S/C54H72N12O13S/c1-50(2,3)75-46(70)55-27-20-28-65(49(73)78-53(10,11)12)45(61-48(72)77-52(7,8)9)64(13)30-35-29-56-66(62-35)31-36-38(41(67)57-36)59-42(68)39(37-32-80-44(58-37)60-47(71)76-51(4,5)6)63-79-54(25-26-54)43(69)74-40(33-21-16-14-17-22-33)34-23-18-15-19-24-34/h14-19,21-24,29,32,36,38,40H,20,25-28,30-31H2,1-13H3,(H,55,70)(H,57,67)(H,59,68)(H,58,60,71)/t36-,38+/m1/s1. The normalized spacial score (nSPS) is 16.2. The summed E-state index contributed by atoms with van der Waals surface area (Å²) in [7, 11) is 1.57. The molecular weight excluding hydrogens is 1060 g/mol. The van der Waals surface area contributed by atoms with Gasteiger partial charge in [-0.15, -0.1) is 16.3 Å². The molecule has 2 fully saturated rings. The molecule has 432 valence electrons. The molecule has 25 nitrogen and oxygen atoms in total. The van der Waals surface area contributed by atoms with E-state index in [1.54, 1.807) is 90.1 Å². The number of aliphatic imine (C=N–C) groups is 1. The molecule has 1 aliphatic heterocycles. The quantitative estimate of drug-likeness (QED) is 0.0145. The number of amides is 6. The van der Waals surface area contributed by atoms with Crippen LogP contribution in [-0.4, -0.2) is 144 Å². The van der Waals surface area contributed by atoms with Crippen molar-refractivity contribution in [2.45, 2.75) is 162 Å². The number of rotatable bonds is 18. The first-order valence-electron chi connectivity index (χ1n) is 25.9. The highest BCUT2D eigenvalue weighted by atomic mass is 32.1. The van der Waals surface area contributed by atoms with E-state index >= 15 is 0 Å². The van der Waals surface area contributed by atoms with Crippen molar-refractivity contribution in [3.05, 3.63) is 94.8 Å². The van der Waals surface area contributed by atoms with Gasteiger partial charge < -0.3 is 49.4 Å². The van der Waals surface area contributed by atoms with Crippen molar-refractivity contribution in [1.29, 1.82) is 0 Å². The number of carbonyl (C=O) groups excluding carboxylic acids is 7. The fraction of sp³-hybridized carbons (Fsp3) is 0.519. The number of aromatic nitrogens is 4. The molecule has 1 saturated heterocycles. The highest BCUT2D eigenvalue weighted by Gasteiger charge is 2.57. The third-order valence-electron chi connectivity index (χ3n) is 11.0. The molecule has 0 spiro atoms. The molecule has 1 saturated carbocycles. The summed E-state index contributed by atoms with van der Waals surface area (Å²) < 4.78 is 28.1. The fourth-order valence-corrected chi connectivity index (χ4v) is 8.10. The predicted molar refractivity (Wildman–Crippen MR) is 293 cm³/mol. The lowest BCUT2D eigenvalue weighted by molar-refractivity contribution is -0.164. The molecule has 1 aliphatic carbocycles. The number of hydrogen-bond donors (Lipinski definition) is 4. The van der Waals surface area contributed by atoms with Crippen LogP contribution in [0.25, 0.3) is 0 Å². The molecule has 26 heteroatoms. The molecule has 0 bridgehead atoms. The molecule has 3 heterocycles. The van der Waals surface area contributed by atoms with Crippen LogP contribution in [0.2, 0.25) is 0 Å². The summed E-state index contributed by atoms with van der Waals surface area (Å²) in [5, 5.41) is 25.3. The summed E-state index contributed by atoms with van der Waals surface area (Å²) in [6, 6.07) is 16.5. The van der Waals surface area contributed by atoms with Gasteiger partial charge in [-0.25, -0.2) is 33.9 Å². The van der Waals surface area contributed by atoms with Gasteiger partial charge in [-0.1, -0.05) is 65.8 Å². The maximum Gasteiger partial charge on any atom is 0.437 e. The van der Waals surface area contributed by atoms with Crippen LogP contribution in [0.5, 0.6) is 0 Å². The monoisotopic (exact) mass is 1130 g/mol. The Morgan fingerprint density at radius 2 is 1.41 bits per heavy atom. The van der Waals surface area contributed by atoms with Crippen LogP contribution in [0.15, 0.2) is 82.4 Å². The number of thiazole rings is 1. The van der Waals surface area contributed by atoms with Crippen molar-refractivity contribution in [1.82, 2.24) is 45.7 Å².